The number of sulfone groups is 2. The molecule has 4 aromatic rings. The molecule has 0 atom stereocenters. The number of rotatable bonds is 6. The number of benzene rings is 2. The first kappa shape index (κ1) is 21.7. The van der Waals surface area contributed by atoms with Gasteiger partial charge in [0.2, 0.25) is 30.6 Å². The highest BCUT2D eigenvalue weighted by atomic mass is 35.5. The van der Waals surface area contributed by atoms with Crippen LogP contribution in [0.5, 0.6) is 0 Å². The van der Waals surface area contributed by atoms with Crippen molar-refractivity contribution in [3.05, 3.63) is 82.4 Å². The molecule has 0 saturated heterocycles. The lowest BCUT2D eigenvalue weighted by molar-refractivity contribution is 0.445. The molecule has 4 rings (SSSR count). The van der Waals surface area contributed by atoms with E-state index in [1.165, 1.54) is 23.5 Å². The summed E-state index contributed by atoms with van der Waals surface area (Å²) in [5.74, 6) is -1.36. The highest BCUT2D eigenvalue weighted by molar-refractivity contribution is 7.94. The Morgan fingerprint density at radius 3 is 2.32 bits per heavy atom. The SMILES string of the molecule is O=S(=O)(Cc1ccccc1Cl)c1oc(-c2cccs2)nc1S(=O)(=O)c1ccc(F)cc1. The summed E-state index contributed by atoms with van der Waals surface area (Å²) in [6.45, 7) is 0. The average molecular weight is 498 g/mol. The highest BCUT2D eigenvalue weighted by Gasteiger charge is 2.36. The summed E-state index contributed by atoms with van der Waals surface area (Å²) in [5.41, 5.74) is 0.281. The quantitative estimate of drug-likeness (QED) is 0.348. The fraction of sp³-hybridized carbons (Fsp3) is 0.0500. The van der Waals surface area contributed by atoms with E-state index in [1.54, 1.807) is 29.6 Å². The molecule has 0 aliphatic heterocycles. The van der Waals surface area contributed by atoms with E-state index in [1.807, 2.05) is 0 Å². The molecule has 0 saturated carbocycles. The molecule has 2 heterocycles. The van der Waals surface area contributed by atoms with Crippen LogP contribution in [-0.4, -0.2) is 21.8 Å². The zero-order chi connectivity index (χ0) is 22.2. The van der Waals surface area contributed by atoms with E-state index in [0.717, 1.165) is 24.3 Å². The molecule has 0 fully saturated rings. The van der Waals surface area contributed by atoms with Crippen molar-refractivity contribution in [1.82, 2.24) is 4.98 Å². The Kier molecular flexibility index (Phi) is 5.73. The third-order valence-electron chi connectivity index (χ3n) is 4.26. The van der Waals surface area contributed by atoms with E-state index in [2.05, 4.69) is 4.98 Å². The van der Waals surface area contributed by atoms with Gasteiger partial charge in [0.1, 0.15) is 5.82 Å². The monoisotopic (exact) mass is 497 g/mol. The van der Waals surface area contributed by atoms with Gasteiger partial charge in [-0.05, 0) is 47.3 Å². The smallest absolute Gasteiger partial charge is 0.258 e. The molecule has 0 N–H and O–H groups in total. The molecule has 160 valence electrons. The van der Waals surface area contributed by atoms with E-state index in [-0.39, 0.29) is 21.4 Å². The lowest BCUT2D eigenvalue weighted by atomic mass is 10.2. The van der Waals surface area contributed by atoms with E-state index in [9.17, 15) is 21.2 Å². The van der Waals surface area contributed by atoms with Gasteiger partial charge in [0.15, 0.2) is 0 Å². The molecule has 0 unspecified atom stereocenters. The third kappa shape index (κ3) is 4.29. The van der Waals surface area contributed by atoms with E-state index in [0.29, 0.717) is 4.88 Å². The second-order valence-electron chi connectivity index (χ2n) is 6.40. The second kappa shape index (κ2) is 8.19. The Morgan fingerprint density at radius 2 is 1.68 bits per heavy atom. The van der Waals surface area contributed by atoms with E-state index in [4.69, 9.17) is 16.0 Å². The van der Waals surface area contributed by atoms with Crippen molar-refractivity contribution in [2.24, 2.45) is 0 Å². The van der Waals surface area contributed by atoms with Crippen LogP contribution in [0.25, 0.3) is 10.8 Å². The van der Waals surface area contributed by atoms with Crippen molar-refractivity contribution in [2.45, 2.75) is 20.8 Å². The Bertz CT molecular complexity index is 1440. The first-order valence-electron chi connectivity index (χ1n) is 8.70. The van der Waals surface area contributed by atoms with Crippen LogP contribution in [0.2, 0.25) is 5.02 Å². The van der Waals surface area contributed by atoms with Gasteiger partial charge in [0, 0.05) is 5.02 Å². The minimum Gasteiger partial charge on any atom is -0.422 e. The molecule has 31 heavy (non-hydrogen) atoms. The highest BCUT2D eigenvalue weighted by Crippen LogP contribution is 2.35. The normalized spacial score (nSPS) is 12.2. The van der Waals surface area contributed by atoms with Gasteiger partial charge in [0.05, 0.1) is 15.5 Å². The maximum Gasteiger partial charge on any atom is 0.258 e. The molecule has 11 heteroatoms. The minimum atomic E-state index is -4.42. The maximum absolute atomic E-state index is 13.3. The maximum atomic E-state index is 13.3. The molecule has 6 nitrogen and oxygen atoms in total. The molecule has 0 aliphatic carbocycles. The summed E-state index contributed by atoms with van der Waals surface area (Å²) in [4.78, 5) is 4.15. The zero-order valence-corrected chi connectivity index (χ0v) is 18.7. The van der Waals surface area contributed by atoms with Crippen molar-refractivity contribution in [3.63, 3.8) is 0 Å². The number of nitrogens with zero attached hydrogens (tertiary/aromatic N) is 1. The fourth-order valence-electron chi connectivity index (χ4n) is 2.78. The average Bonchev–Trinajstić information content (AvgIpc) is 3.40. The van der Waals surface area contributed by atoms with Crippen LogP contribution < -0.4 is 0 Å². The van der Waals surface area contributed by atoms with Gasteiger partial charge in [-0.2, -0.15) is 4.98 Å². The third-order valence-corrected chi connectivity index (χ3v) is 8.83. The van der Waals surface area contributed by atoms with Crippen molar-refractivity contribution >= 4 is 42.6 Å². The predicted octanol–water partition coefficient (Wildman–Crippen LogP) is 5.00. The molecule has 2 aromatic carbocycles. The van der Waals surface area contributed by atoms with Crippen LogP contribution in [0.4, 0.5) is 4.39 Å². The molecule has 0 spiro atoms. The Morgan fingerprint density at radius 1 is 0.968 bits per heavy atom. The zero-order valence-electron chi connectivity index (χ0n) is 15.5. The Labute approximate surface area is 186 Å². The van der Waals surface area contributed by atoms with Gasteiger partial charge >= 0.3 is 0 Å². The van der Waals surface area contributed by atoms with Crippen molar-refractivity contribution in [2.75, 3.05) is 0 Å². The first-order valence-corrected chi connectivity index (χ1v) is 13.1. The first-order chi connectivity index (χ1) is 14.7. The minimum absolute atomic E-state index is 0.145. The molecule has 0 bridgehead atoms. The van der Waals surface area contributed by atoms with Crippen LogP contribution in [0.3, 0.4) is 0 Å². The van der Waals surface area contributed by atoms with E-state index < -0.39 is 41.4 Å². The summed E-state index contributed by atoms with van der Waals surface area (Å²) in [6, 6.07) is 13.6. The van der Waals surface area contributed by atoms with Crippen molar-refractivity contribution in [1.29, 1.82) is 0 Å². The van der Waals surface area contributed by atoms with Gasteiger partial charge in [0.25, 0.3) is 5.09 Å². The van der Waals surface area contributed by atoms with Crippen molar-refractivity contribution < 1.29 is 25.6 Å². The largest absolute Gasteiger partial charge is 0.422 e. The lowest BCUT2D eigenvalue weighted by Gasteiger charge is -2.06. The molecule has 0 amide bonds. The Balaban J connectivity index is 1.89. The molecule has 0 radical (unpaired) electrons. The van der Waals surface area contributed by atoms with Gasteiger partial charge < -0.3 is 4.42 Å². The van der Waals surface area contributed by atoms with Gasteiger partial charge in [-0.3, -0.25) is 0 Å². The summed E-state index contributed by atoms with van der Waals surface area (Å²) < 4.78 is 71.5. The van der Waals surface area contributed by atoms with E-state index >= 15 is 0 Å². The summed E-state index contributed by atoms with van der Waals surface area (Å²) in [7, 11) is -8.72. The Hall–Kier alpha value is -2.53. The summed E-state index contributed by atoms with van der Waals surface area (Å²) >= 11 is 7.29. The van der Waals surface area contributed by atoms with Crippen LogP contribution in [0.15, 0.2) is 85.5 Å². The van der Waals surface area contributed by atoms with Crippen LogP contribution in [0.1, 0.15) is 5.56 Å². The van der Waals surface area contributed by atoms with Gasteiger partial charge in [-0.1, -0.05) is 35.9 Å². The van der Waals surface area contributed by atoms with Crippen LogP contribution in [-0.2, 0) is 25.4 Å². The topological polar surface area (TPSA) is 94.3 Å². The predicted molar refractivity (Wildman–Crippen MR) is 114 cm³/mol. The number of aromatic nitrogens is 1. The lowest BCUT2D eigenvalue weighted by Crippen LogP contribution is -2.11. The number of thiophene rings is 1. The number of halogens is 2. The molecular weight excluding hydrogens is 485 g/mol. The van der Waals surface area contributed by atoms with Gasteiger partial charge in [-0.15, -0.1) is 11.3 Å². The summed E-state index contributed by atoms with van der Waals surface area (Å²) in [5, 5.41) is 0.382. The molecular formula is C20H13ClFNO5S3. The number of hydrogen-bond donors (Lipinski definition) is 0. The molecule has 0 aliphatic rings. The van der Waals surface area contributed by atoms with Crippen LogP contribution >= 0.6 is 22.9 Å². The summed E-state index contributed by atoms with van der Waals surface area (Å²) in [6.07, 6.45) is 0. The number of oxazole rings is 1. The van der Waals surface area contributed by atoms with Gasteiger partial charge in [-0.25, -0.2) is 21.2 Å². The second-order valence-corrected chi connectivity index (χ2v) is 11.5. The van der Waals surface area contributed by atoms with Crippen LogP contribution in [0, 0.1) is 5.82 Å². The van der Waals surface area contributed by atoms with Crippen molar-refractivity contribution in [3.8, 4) is 10.8 Å². The molecule has 2 aromatic heterocycles. The fourth-order valence-corrected chi connectivity index (χ4v) is 6.91. The standard InChI is InChI=1S/C20H13ClFNO5S3/c21-16-5-2-1-4-13(16)12-30(24,25)20-19(23-18(28-20)17-6-3-11-29-17)31(26,27)15-9-7-14(22)8-10-15/h1-11H,12H2. The number of hydrogen-bond acceptors (Lipinski definition) is 7.